The van der Waals surface area contributed by atoms with Gasteiger partial charge in [0.1, 0.15) is 10.7 Å². The molecule has 5 rings (SSSR count). The van der Waals surface area contributed by atoms with E-state index in [1.54, 1.807) is 41.2 Å². The van der Waals surface area contributed by atoms with Gasteiger partial charge in [0, 0.05) is 44.0 Å². The first kappa shape index (κ1) is 23.2. The van der Waals surface area contributed by atoms with E-state index in [0.717, 1.165) is 34.4 Å². The molecule has 1 aromatic carbocycles. The number of nitrogens with zero attached hydrogens (tertiary/aromatic N) is 5. The Labute approximate surface area is 211 Å². The van der Waals surface area contributed by atoms with E-state index in [2.05, 4.69) is 31.3 Å². The van der Waals surface area contributed by atoms with Gasteiger partial charge in [-0.05, 0) is 52.5 Å². The van der Waals surface area contributed by atoms with Crippen molar-refractivity contribution in [3.8, 4) is 0 Å². The molecule has 0 amide bonds. The average molecular weight is 562 g/mol. The second kappa shape index (κ2) is 9.61. The van der Waals surface area contributed by atoms with E-state index in [9.17, 15) is 8.42 Å². The molecule has 0 saturated carbocycles. The first-order chi connectivity index (χ1) is 16.4. The fourth-order valence-corrected chi connectivity index (χ4v) is 6.55. The van der Waals surface area contributed by atoms with Gasteiger partial charge in [-0.3, -0.25) is 4.98 Å². The van der Waals surface area contributed by atoms with Gasteiger partial charge in [0.25, 0.3) is 0 Å². The van der Waals surface area contributed by atoms with Gasteiger partial charge in [-0.2, -0.15) is 13.9 Å². The van der Waals surface area contributed by atoms with Crippen LogP contribution in [-0.2, 0) is 16.6 Å². The van der Waals surface area contributed by atoms with Crippen LogP contribution in [0.5, 0.6) is 0 Å². The van der Waals surface area contributed by atoms with Crippen LogP contribution in [-0.4, -0.2) is 45.4 Å². The highest BCUT2D eigenvalue weighted by molar-refractivity contribution is 9.10. The van der Waals surface area contributed by atoms with Gasteiger partial charge in [-0.1, -0.05) is 29.8 Å². The molecule has 11 heteroatoms. The molecule has 8 nitrogen and oxygen atoms in total. The van der Waals surface area contributed by atoms with Crippen molar-refractivity contribution >= 4 is 49.0 Å². The van der Waals surface area contributed by atoms with E-state index in [0.29, 0.717) is 25.3 Å². The molecule has 0 bridgehead atoms. The molecule has 4 aromatic rings. The predicted octanol–water partition coefficient (Wildman–Crippen LogP) is 4.72. The van der Waals surface area contributed by atoms with Crippen molar-refractivity contribution in [3.05, 3.63) is 81.8 Å². The van der Waals surface area contributed by atoms with Crippen LogP contribution in [0, 0.1) is 0 Å². The maximum Gasteiger partial charge on any atom is 0.244 e. The highest BCUT2D eigenvalue weighted by Gasteiger charge is 2.33. The minimum atomic E-state index is -3.71. The van der Waals surface area contributed by atoms with E-state index in [-0.39, 0.29) is 15.8 Å². The number of rotatable bonds is 6. The lowest BCUT2D eigenvalue weighted by Gasteiger charge is -2.32. The summed E-state index contributed by atoms with van der Waals surface area (Å²) >= 11 is 9.74. The summed E-state index contributed by atoms with van der Waals surface area (Å²) in [7, 11) is -3.71. The lowest BCUT2D eigenvalue weighted by atomic mass is 9.96. The summed E-state index contributed by atoms with van der Waals surface area (Å²) in [5, 5.41) is 8.08. The zero-order chi connectivity index (χ0) is 23.7. The van der Waals surface area contributed by atoms with Crippen LogP contribution in [0.3, 0.4) is 0 Å². The summed E-state index contributed by atoms with van der Waals surface area (Å²) in [5.41, 5.74) is 2.54. The van der Waals surface area contributed by atoms with Crippen LogP contribution >= 0.6 is 27.5 Å². The Bertz CT molecular complexity index is 1430. The average Bonchev–Trinajstić information content (AvgIpc) is 3.24. The largest absolute Gasteiger partial charge is 0.366 e. The van der Waals surface area contributed by atoms with Crippen LogP contribution in [0.1, 0.15) is 30.0 Å². The van der Waals surface area contributed by atoms with Crippen molar-refractivity contribution in [2.45, 2.75) is 30.2 Å². The maximum atomic E-state index is 13.3. The quantitative estimate of drug-likeness (QED) is 0.366. The van der Waals surface area contributed by atoms with Crippen LogP contribution in [0.25, 0.3) is 5.65 Å². The lowest BCUT2D eigenvalue weighted by Crippen LogP contribution is -2.39. The standard InChI is InChI=1S/C23H22BrClN6O2S/c24-18-14-28-31-22(27-13-16-5-3-9-26-12-16)11-20(29-23(18)31)17-6-4-10-30(15-17)34(32,33)21-8-2-1-7-19(21)25/h1-3,5,7-9,11-12,14,17,27H,4,6,10,13,15H2. The SMILES string of the molecule is O=S(=O)(c1ccccc1Cl)N1CCCC(c2cc(NCc3cccnc3)n3ncc(Br)c3n2)C1. The molecule has 1 aliphatic rings. The number of hydrogen-bond donors (Lipinski definition) is 1. The van der Waals surface area contributed by atoms with Crippen molar-refractivity contribution < 1.29 is 8.42 Å². The highest BCUT2D eigenvalue weighted by Crippen LogP contribution is 2.33. The third-order valence-corrected chi connectivity index (χ3v) is 8.83. The Balaban J connectivity index is 1.45. The molecule has 3 aromatic heterocycles. The Morgan fingerprint density at radius 3 is 2.82 bits per heavy atom. The zero-order valence-electron chi connectivity index (χ0n) is 18.1. The van der Waals surface area contributed by atoms with Crippen LogP contribution < -0.4 is 5.32 Å². The molecular formula is C23H22BrClN6O2S. The van der Waals surface area contributed by atoms with Gasteiger partial charge in [-0.15, -0.1) is 0 Å². The van der Waals surface area contributed by atoms with Crippen molar-refractivity contribution in [1.82, 2.24) is 23.9 Å². The molecule has 1 N–H and O–H groups in total. The number of pyridine rings is 1. The molecule has 34 heavy (non-hydrogen) atoms. The van der Waals surface area contributed by atoms with E-state index in [4.69, 9.17) is 16.6 Å². The molecule has 1 unspecified atom stereocenters. The second-order valence-corrected chi connectivity index (χ2v) is 11.3. The van der Waals surface area contributed by atoms with E-state index in [1.165, 1.54) is 4.31 Å². The number of sulfonamides is 1. The van der Waals surface area contributed by atoms with Gasteiger partial charge in [0.2, 0.25) is 10.0 Å². The van der Waals surface area contributed by atoms with Crippen molar-refractivity contribution in [2.75, 3.05) is 18.4 Å². The number of benzene rings is 1. The zero-order valence-corrected chi connectivity index (χ0v) is 21.3. The first-order valence-corrected chi connectivity index (χ1v) is 13.5. The topological polar surface area (TPSA) is 92.5 Å². The first-order valence-electron chi connectivity index (χ1n) is 10.8. The van der Waals surface area contributed by atoms with E-state index < -0.39 is 10.0 Å². The summed E-state index contributed by atoms with van der Waals surface area (Å²) in [6, 6.07) is 12.4. The lowest BCUT2D eigenvalue weighted by molar-refractivity contribution is 0.313. The minimum Gasteiger partial charge on any atom is -0.366 e. The van der Waals surface area contributed by atoms with Gasteiger partial charge < -0.3 is 5.32 Å². The second-order valence-electron chi connectivity index (χ2n) is 8.14. The number of nitrogens with one attached hydrogen (secondary N) is 1. The summed E-state index contributed by atoms with van der Waals surface area (Å²) in [6.45, 7) is 1.36. The minimum absolute atomic E-state index is 0.0586. The molecule has 1 saturated heterocycles. The number of hydrogen-bond acceptors (Lipinski definition) is 6. The third kappa shape index (κ3) is 4.55. The van der Waals surface area contributed by atoms with Gasteiger partial charge >= 0.3 is 0 Å². The number of aromatic nitrogens is 4. The Morgan fingerprint density at radius 1 is 1.18 bits per heavy atom. The van der Waals surface area contributed by atoms with Crippen LogP contribution in [0.4, 0.5) is 5.82 Å². The molecule has 0 spiro atoms. The van der Waals surface area contributed by atoms with Crippen molar-refractivity contribution in [1.29, 1.82) is 0 Å². The molecular weight excluding hydrogens is 540 g/mol. The Kier molecular flexibility index (Phi) is 6.57. The van der Waals surface area contributed by atoms with Crippen LogP contribution in [0.15, 0.2) is 70.4 Å². The molecule has 176 valence electrons. The summed E-state index contributed by atoms with van der Waals surface area (Å²) in [6.07, 6.45) is 6.83. The van der Waals surface area contributed by atoms with Crippen molar-refractivity contribution in [2.24, 2.45) is 0 Å². The molecule has 0 aliphatic carbocycles. The Hall–Kier alpha value is -2.53. The molecule has 4 heterocycles. The van der Waals surface area contributed by atoms with Crippen molar-refractivity contribution in [3.63, 3.8) is 0 Å². The molecule has 0 radical (unpaired) electrons. The smallest absolute Gasteiger partial charge is 0.244 e. The van der Waals surface area contributed by atoms with Gasteiger partial charge in [0.05, 0.1) is 21.4 Å². The summed E-state index contributed by atoms with van der Waals surface area (Å²) < 4.78 is 30.7. The molecule has 1 aliphatic heterocycles. The number of anilines is 1. The monoisotopic (exact) mass is 560 g/mol. The maximum absolute atomic E-state index is 13.3. The molecule has 1 fully saturated rings. The van der Waals surface area contributed by atoms with Gasteiger partial charge in [-0.25, -0.2) is 13.4 Å². The van der Waals surface area contributed by atoms with Gasteiger partial charge in [0.15, 0.2) is 5.65 Å². The Morgan fingerprint density at radius 2 is 2.03 bits per heavy atom. The summed E-state index contributed by atoms with van der Waals surface area (Å²) in [4.78, 5) is 9.13. The fourth-order valence-electron chi connectivity index (χ4n) is 4.18. The third-order valence-electron chi connectivity index (χ3n) is 5.90. The number of piperidine rings is 1. The number of halogens is 2. The molecule has 1 atom stereocenters. The highest BCUT2D eigenvalue weighted by atomic mass is 79.9. The predicted molar refractivity (Wildman–Crippen MR) is 134 cm³/mol. The summed E-state index contributed by atoms with van der Waals surface area (Å²) in [5.74, 6) is 0.720. The van der Waals surface area contributed by atoms with E-state index in [1.807, 2.05) is 24.4 Å². The fraction of sp³-hybridized carbons (Fsp3) is 0.261. The van der Waals surface area contributed by atoms with Crippen LogP contribution in [0.2, 0.25) is 5.02 Å². The normalized spacial score (nSPS) is 17.2. The number of fused-ring (bicyclic) bond motifs is 1. The van der Waals surface area contributed by atoms with E-state index >= 15 is 0 Å².